The van der Waals surface area contributed by atoms with Crippen molar-refractivity contribution in [1.29, 1.82) is 0 Å². The van der Waals surface area contributed by atoms with Gasteiger partial charge in [-0.05, 0) is 57.2 Å². The number of ether oxygens (including phenoxy) is 1. The summed E-state index contributed by atoms with van der Waals surface area (Å²) in [4.78, 5) is 41.3. The second-order valence-corrected chi connectivity index (χ2v) is 8.90. The summed E-state index contributed by atoms with van der Waals surface area (Å²) < 4.78 is 6.28. The summed E-state index contributed by atoms with van der Waals surface area (Å²) in [5, 5.41) is 3.84. The molecule has 162 valence electrons. The summed E-state index contributed by atoms with van der Waals surface area (Å²) in [6.45, 7) is 8.75. The highest BCUT2D eigenvalue weighted by Gasteiger charge is 2.58. The monoisotopic (exact) mass is 420 g/mol. The molecular formula is C25H28N2O4. The van der Waals surface area contributed by atoms with Crippen LogP contribution in [0.25, 0.3) is 10.9 Å². The molecule has 31 heavy (non-hydrogen) atoms. The molecular weight excluding hydrogens is 392 g/mol. The molecule has 1 amide bonds. The van der Waals surface area contributed by atoms with Gasteiger partial charge in [0.15, 0.2) is 11.6 Å². The second-order valence-electron chi connectivity index (χ2n) is 8.90. The molecule has 0 saturated heterocycles. The summed E-state index contributed by atoms with van der Waals surface area (Å²) in [7, 11) is 0. The number of hydrogen-bond donors (Lipinski definition) is 1. The van der Waals surface area contributed by atoms with E-state index in [-0.39, 0.29) is 35.4 Å². The van der Waals surface area contributed by atoms with Crippen LogP contribution in [0.4, 0.5) is 0 Å². The van der Waals surface area contributed by atoms with Crippen molar-refractivity contribution in [3.05, 3.63) is 48.2 Å². The van der Waals surface area contributed by atoms with Crippen molar-refractivity contribution in [2.24, 2.45) is 11.8 Å². The lowest BCUT2D eigenvalue weighted by molar-refractivity contribution is -0.130. The molecule has 1 N–H and O–H groups in total. The van der Waals surface area contributed by atoms with Gasteiger partial charge in [0.25, 0.3) is 0 Å². The van der Waals surface area contributed by atoms with E-state index in [1.54, 1.807) is 12.1 Å². The average Bonchev–Trinajstić information content (AvgIpc) is 3.24. The molecule has 2 saturated carbocycles. The first-order chi connectivity index (χ1) is 14.7. The fraction of sp³-hybridized carbons (Fsp3) is 0.440. The standard InChI is InChI=1S/C25H28N2O4/c1-5-18-13-25(18,16(4)29)27-24(30)17-7-8-19(11-17)31-23-12-21(15(3)28)26-22-10-14(2)6-9-20(22)23/h5-6,9-10,12,17-19H,1,7-8,11,13H2,2-4H3,(H,27,30)/t17-,18+,19-,25-/m0/s1. The Hall–Kier alpha value is -3.02. The smallest absolute Gasteiger partial charge is 0.224 e. The summed E-state index contributed by atoms with van der Waals surface area (Å²) >= 11 is 0. The van der Waals surface area contributed by atoms with Crippen LogP contribution in [-0.2, 0) is 9.59 Å². The summed E-state index contributed by atoms with van der Waals surface area (Å²) in [5.74, 6) is 0.203. The maximum Gasteiger partial charge on any atom is 0.224 e. The maximum absolute atomic E-state index is 12.9. The van der Waals surface area contributed by atoms with E-state index < -0.39 is 5.54 Å². The van der Waals surface area contributed by atoms with E-state index in [0.29, 0.717) is 30.7 Å². The molecule has 2 aromatic rings. The Morgan fingerprint density at radius 3 is 2.65 bits per heavy atom. The molecule has 0 spiro atoms. The number of aromatic nitrogens is 1. The van der Waals surface area contributed by atoms with Gasteiger partial charge in [-0.1, -0.05) is 12.1 Å². The Bertz CT molecular complexity index is 1090. The van der Waals surface area contributed by atoms with Crippen LogP contribution in [0.5, 0.6) is 5.75 Å². The maximum atomic E-state index is 12.9. The number of fused-ring (bicyclic) bond motifs is 1. The van der Waals surface area contributed by atoms with E-state index >= 15 is 0 Å². The van der Waals surface area contributed by atoms with Gasteiger partial charge >= 0.3 is 0 Å². The molecule has 1 aromatic carbocycles. The molecule has 6 nitrogen and oxygen atoms in total. The van der Waals surface area contributed by atoms with Crippen molar-refractivity contribution in [1.82, 2.24) is 10.3 Å². The molecule has 4 rings (SSSR count). The van der Waals surface area contributed by atoms with E-state index in [1.807, 2.05) is 25.1 Å². The average molecular weight is 421 g/mol. The number of nitrogens with one attached hydrogen (secondary N) is 1. The lowest BCUT2D eigenvalue weighted by Crippen LogP contribution is -2.46. The van der Waals surface area contributed by atoms with Gasteiger partial charge in [0.05, 0.1) is 11.6 Å². The third kappa shape index (κ3) is 3.99. The molecule has 0 bridgehead atoms. The van der Waals surface area contributed by atoms with Gasteiger partial charge in [-0.2, -0.15) is 0 Å². The van der Waals surface area contributed by atoms with E-state index in [1.165, 1.54) is 13.8 Å². The topological polar surface area (TPSA) is 85.4 Å². The van der Waals surface area contributed by atoms with Crippen molar-refractivity contribution >= 4 is 28.4 Å². The number of carbonyl (C=O) groups excluding carboxylic acids is 3. The summed E-state index contributed by atoms with van der Waals surface area (Å²) in [6, 6.07) is 7.57. The van der Waals surface area contributed by atoms with Gasteiger partial charge in [0, 0.05) is 30.2 Å². The van der Waals surface area contributed by atoms with Gasteiger partial charge in [-0.25, -0.2) is 4.98 Å². The molecule has 6 heteroatoms. The first kappa shape index (κ1) is 21.2. The van der Waals surface area contributed by atoms with Crippen LogP contribution in [-0.4, -0.2) is 34.1 Å². The quantitative estimate of drug-likeness (QED) is 0.542. The number of amides is 1. The highest BCUT2D eigenvalue weighted by Crippen LogP contribution is 2.45. The predicted molar refractivity (Wildman–Crippen MR) is 118 cm³/mol. The largest absolute Gasteiger partial charge is 0.490 e. The van der Waals surface area contributed by atoms with Crippen molar-refractivity contribution < 1.29 is 19.1 Å². The number of nitrogens with zero attached hydrogens (tertiary/aromatic N) is 1. The molecule has 1 aromatic heterocycles. The van der Waals surface area contributed by atoms with Crippen molar-refractivity contribution in [3.63, 3.8) is 0 Å². The fourth-order valence-electron chi connectivity index (χ4n) is 4.58. The Morgan fingerprint density at radius 1 is 1.23 bits per heavy atom. The molecule has 0 radical (unpaired) electrons. The van der Waals surface area contributed by atoms with Gasteiger partial charge in [-0.15, -0.1) is 6.58 Å². The minimum atomic E-state index is -0.771. The third-order valence-corrected chi connectivity index (χ3v) is 6.61. The zero-order valence-electron chi connectivity index (χ0n) is 18.2. The third-order valence-electron chi connectivity index (χ3n) is 6.61. The number of hydrogen-bond acceptors (Lipinski definition) is 5. The Kier molecular flexibility index (Phi) is 5.42. The van der Waals surface area contributed by atoms with E-state index in [2.05, 4.69) is 16.9 Å². The van der Waals surface area contributed by atoms with Crippen LogP contribution >= 0.6 is 0 Å². The highest BCUT2D eigenvalue weighted by molar-refractivity contribution is 5.97. The van der Waals surface area contributed by atoms with Gasteiger partial charge in [0.2, 0.25) is 5.91 Å². The zero-order chi connectivity index (χ0) is 22.3. The van der Waals surface area contributed by atoms with Crippen molar-refractivity contribution in [2.75, 3.05) is 0 Å². The lowest BCUT2D eigenvalue weighted by Gasteiger charge is -2.19. The molecule has 2 aliphatic carbocycles. The Labute approximate surface area is 182 Å². The first-order valence-corrected chi connectivity index (χ1v) is 10.8. The molecule has 0 aliphatic heterocycles. The minimum absolute atomic E-state index is 0.0130. The van der Waals surface area contributed by atoms with Crippen LogP contribution in [0, 0.1) is 18.8 Å². The number of aryl methyl sites for hydroxylation is 1. The van der Waals surface area contributed by atoms with Crippen molar-refractivity contribution in [3.8, 4) is 5.75 Å². The number of Topliss-reactive ketones (excluding diaryl/α,β-unsaturated/α-hetero) is 2. The van der Waals surface area contributed by atoms with E-state index in [0.717, 1.165) is 22.9 Å². The zero-order valence-corrected chi connectivity index (χ0v) is 18.2. The van der Waals surface area contributed by atoms with Gasteiger partial charge < -0.3 is 10.1 Å². The number of pyridine rings is 1. The Morgan fingerprint density at radius 2 is 2.00 bits per heavy atom. The normalized spacial score (nSPS) is 27.0. The fourth-order valence-corrected chi connectivity index (χ4v) is 4.58. The minimum Gasteiger partial charge on any atom is -0.490 e. The highest BCUT2D eigenvalue weighted by atomic mass is 16.5. The van der Waals surface area contributed by atoms with Crippen LogP contribution in [0.15, 0.2) is 36.9 Å². The van der Waals surface area contributed by atoms with Crippen LogP contribution in [0.2, 0.25) is 0 Å². The lowest BCUT2D eigenvalue weighted by atomic mass is 10.0. The van der Waals surface area contributed by atoms with Crippen LogP contribution < -0.4 is 10.1 Å². The van der Waals surface area contributed by atoms with Gasteiger partial charge in [0.1, 0.15) is 17.0 Å². The molecule has 2 aliphatic rings. The second kappa shape index (κ2) is 7.91. The van der Waals surface area contributed by atoms with Crippen LogP contribution in [0.1, 0.15) is 55.6 Å². The summed E-state index contributed by atoms with van der Waals surface area (Å²) in [5.41, 5.74) is 1.38. The molecule has 4 atom stereocenters. The van der Waals surface area contributed by atoms with Gasteiger partial charge in [-0.3, -0.25) is 14.4 Å². The Balaban J connectivity index is 1.49. The molecule has 2 fully saturated rings. The van der Waals surface area contributed by atoms with E-state index in [4.69, 9.17) is 4.74 Å². The SMILES string of the molecule is C=C[C@@H]1C[C@]1(NC(=O)[C@H]1CC[C@H](Oc2cc(C(C)=O)nc3cc(C)ccc23)C1)C(C)=O. The van der Waals surface area contributed by atoms with Crippen LogP contribution in [0.3, 0.4) is 0 Å². The van der Waals surface area contributed by atoms with Crippen molar-refractivity contribution in [2.45, 2.75) is 58.1 Å². The number of benzene rings is 1. The first-order valence-electron chi connectivity index (χ1n) is 10.8. The number of ketones is 2. The number of rotatable bonds is 7. The predicted octanol–water partition coefficient (Wildman–Crippen LogP) is 3.94. The summed E-state index contributed by atoms with van der Waals surface area (Å²) in [6.07, 6.45) is 4.24. The number of carbonyl (C=O) groups is 3. The molecule has 0 unspecified atom stereocenters. The molecule has 1 heterocycles. The van der Waals surface area contributed by atoms with E-state index in [9.17, 15) is 14.4 Å².